The van der Waals surface area contributed by atoms with Gasteiger partial charge in [0, 0.05) is 28.7 Å². The van der Waals surface area contributed by atoms with Gasteiger partial charge < -0.3 is 9.32 Å². The summed E-state index contributed by atoms with van der Waals surface area (Å²) in [5.74, 6) is -0.253. The number of likely N-dealkylation sites (tertiary alicyclic amines) is 1. The molecule has 8 nitrogen and oxygen atoms in total. The molecule has 1 aliphatic rings. The summed E-state index contributed by atoms with van der Waals surface area (Å²) in [6, 6.07) is 7.84. The molecule has 30 heavy (non-hydrogen) atoms. The SMILES string of the molecule is Cc1sc(-c2nnc(C(=O)N3CCCCC3)o2)cc1S(=O)(=O)Nc1ccc(Cl)cc1. The van der Waals surface area contributed by atoms with Gasteiger partial charge in [0.25, 0.3) is 15.9 Å². The molecule has 3 heterocycles. The molecule has 158 valence electrons. The highest BCUT2D eigenvalue weighted by Crippen LogP contribution is 2.34. The Morgan fingerprint density at radius 2 is 1.87 bits per heavy atom. The van der Waals surface area contributed by atoms with Crippen LogP contribution in [0.25, 0.3) is 10.8 Å². The van der Waals surface area contributed by atoms with Gasteiger partial charge in [0.1, 0.15) is 4.90 Å². The maximum Gasteiger partial charge on any atom is 0.311 e. The fourth-order valence-electron chi connectivity index (χ4n) is 3.21. The molecule has 0 aliphatic carbocycles. The summed E-state index contributed by atoms with van der Waals surface area (Å²) in [5, 5.41) is 8.33. The number of sulfonamides is 1. The minimum Gasteiger partial charge on any atom is -0.411 e. The van der Waals surface area contributed by atoms with Gasteiger partial charge in [-0.1, -0.05) is 11.6 Å². The summed E-state index contributed by atoms with van der Waals surface area (Å²) < 4.78 is 33.7. The van der Waals surface area contributed by atoms with Crippen molar-refractivity contribution in [2.24, 2.45) is 0 Å². The number of amides is 1. The number of benzene rings is 1. The summed E-state index contributed by atoms with van der Waals surface area (Å²) in [6.45, 7) is 3.04. The van der Waals surface area contributed by atoms with Crippen LogP contribution >= 0.6 is 22.9 Å². The summed E-state index contributed by atoms with van der Waals surface area (Å²) in [7, 11) is -3.82. The predicted octanol–water partition coefficient (Wildman–Crippen LogP) is 4.19. The lowest BCUT2D eigenvalue weighted by Crippen LogP contribution is -2.35. The topological polar surface area (TPSA) is 105 Å². The number of carbonyl (C=O) groups is 1. The molecule has 1 saturated heterocycles. The van der Waals surface area contributed by atoms with Crippen molar-refractivity contribution >= 4 is 44.6 Å². The van der Waals surface area contributed by atoms with E-state index in [1.54, 1.807) is 36.1 Å². The van der Waals surface area contributed by atoms with Gasteiger partial charge in [0.05, 0.1) is 4.88 Å². The van der Waals surface area contributed by atoms with Gasteiger partial charge in [-0.05, 0) is 56.5 Å². The van der Waals surface area contributed by atoms with E-state index in [9.17, 15) is 13.2 Å². The Morgan fingerprint density at radius 3 is 2.57 bits per heavy atom. The molecule has 1 aliphatic heterocycles. The third-order valence-corrected chi connectivity index (χ3v) is 7.65. The van der Waals surface area contributed by atoms with Crippen molar-refractivity contribution < 1.29 is 17.6 Å². The van der Waals surface area contributed by atoms with Crippen LogP contribution < -0.4 is 4.72 Å². The lowest BCUT2D eigenvalue weighted by atomic mass is 10.1. The fourth-order valence-corrected chi connectivity index (χ4v) is 5.91. The van der Waals surface area contributed by atoms with Crippen molar-refractivity contribution in [2.75, 3.05) is 17.8 Å². The number of carbonyl (C=O) groups excluding carboxylic acids is 1. The first-order valence-electron chi connectivity index (χ1n) is 9.35. The molecule has 11 heteroatoms. The normalized spacial score (nSPS) is 14.7. The number of piperidine rings is 1. The number of thiophene rings is 1. The zero-order valence-corrected chi connectivity index (χ0v) is 18.5. The van der Waals surface area contributed by atoms with Crippen LogP contribution in [0.5, 0.6) is 0 Å². The van der Waals surface area contributed by atoms with E-state index in [1.165, 1.54) is 17.4 Å². The van der Waals surface area contributed by atoms with Crippen LogP contribution in [0.3, 0.4) is 0 Å². The van der Waals surface area contributed by atoms with E-state index in [0.717, 1.165) is 19.3 Å². The highest BCUT2D eigenvalue weighted by atomic mass is 35.5. The van der Waals surface area contributed by atoms with Crippen LogP contribution in [0.15, 0.2) is 39.6 Å². The largest absolute Gasteiger partial charge is 0.411 e. The Bertz CT molecular complexity index is 1170. The second kappa shape index (κ2) is 8.37. The van der Waals surface area contributed by atoms with E-state index in [4.69, 9.17) is 16.0 Å². The molecular formula is C19H19ClN4O4S2. The molecule has 1 amide bonds. The lowest BCUT2D eigenvalue weighted by Gasteiger charge is -2.24. The van der Waals surface area contributed by atoms with E-state index >= 15 is 0 Å². The van der Waals surface area contributed by atoms with Crippen molar-refractivity contribution in [1.29, 1.82) is 0 Å². The summed E-state index contributed by atoms with van der Waals surface area (Å²) in [4.78, 5) is 15.4. The third-order valence-electron chi connectivity index (χ3n) is 4.72. The number of aryl methyl sites for hydroxylation is 1. The molecule has 1 aromatic carbocycles. The molecule has 0 spiro atoms. The van der Waals surface area contributed by atoms with Crippen LogP contribution in [0.2, 0.25) is 5.02 Å². The first-order chi connectivity index (χ1) is 14.3. The summed E-state index contributed by atoms with van der Waals surface area (Å²) in [5.41, 5.74) is 0.402. The first kappa shape index (κ1) is 20.8. The Morgan fingerprint density at radius 1 is 1.17 bits per heavy atom. The number of hydrogen-bond acceptors (Lipinski definition) is 7. The number of hydrogen-bond donors (Lipinski definition) is 1. The minimum atomic E-state index is -3.82. The second-order valence-corrected chi connectivity index (χ2v) is 10.3. The van der Waals surface area contributed by atoms with Gasteiger partial charge in [-0.15, -0.1) is 21.5 Å². The van der Waals surface area contributed by atoms with Gasteiger partial charge >= 0.3 is 11.8 Å². The van der Waals surface area contributed by atoms with E-state index < -0.39 is 10.0 Å². The maximum atomic E-state index is 12.8. The van der Waals surface area contributed by atoms with Crippen molar-refractivity contribution in [3.05, 3.63) is 46.1 Å². The quantitative estimate of drug-likeness (QED) is 0.604. The fraction of sp³-hybridized carbons (Fsp3) is 0.316. The van der Waals surface area contributed by atoms with E-state index in [2.05, 4.69) is 14.9 Å². The highest BCUT2D eigenvalue weighted by molar-refractivity contribution is 7.93. The van der Waals surface area contributed by atoms with Crippen molar-refractivity contribution in [3.63, 3.8) is 0 Å². The number of nitrogens with zero attached hydrogens (tertiary/aromatic N) is 3. The second-order valence-electron chi connectivity index (χ2n) is 6.91. The minimum absolute atomic E-state index is 0.0818. The maximum absolute atomic E-state index is 12.8. The molecule has 0 radical (unpaired) electrons. The molecule has 0 unspecified atom stereocenters. The molecule has 0 bridgehead atoms. The molecule has 3 aromatic rings. The zero-order chi connectivity index (χ0) is 21.3. The van der Waals surface area contributed by atoms with Crippen LogP contribution in [0, 0.1) is 6.92 Å². The smallest absolute Gasteiger partial charge is 0.311 e. The van der Waals surface area contributed by atoms with E-state index in [-0.39, 0.29) is 22.6 Å². The van der Waals surface area contributed by atoms with Gasteiger partial charge in [-0.2, -0.15) is 0 Å². The van der Waals surface area contributed by atoms with E-state index in [1.807, 2.05) is 0 Å². The Labute approximate surface area is 182 Å². The average molecular weight is 467 g/mol. The zero-order valence-electron chi connectivity index (χ0n) is 16.1. The monoisotopic (exact) mass is 466 g/mol. The van der Waals surface area contributed by atoms with Gasteiger partial charge in [-0.3, -0.25) is 9.52 Å². The van der Waals surface area contributed by atoms with Crippen molar-refractivity contribution in [3.8, 4) is 10.8 Å². The third kappa shape index (κ3) is 4.35. The number of rotatable bonds is 5. The van der Waals surface area contributed by atoms with Gasteiger partial charge in [0.15, 0.2) is 0 Å². The number of anilines is 1. The highest BCUT2D eigenvalue weighted by Gasteiger charge is 2.26. The molecule has 0 saturated carbocycles. The van der Waals surface area contributed by atoms with E-state index in [0.29, 0.717) is 33.6 Å². The molecule has 4 rings (SSSR count). The Hall–Kier alpha value is -2.43. The summed E-state index contributed by atoms with van der Waals surface area (Å²) in [6.07, 6.45) is 3.02. The van der Waals surface area contributed by atoms with Crippen LogP contribution in [-0.4, -0.2) is 42.5 Å². The Balaban J connectivity index is 1.56. The number of halogens is 1. The average Bonchev–Trinajstić information content (AvgIpc) is 3.37. The van der Waals surface area contributed by atoms with Crippen LogP contribution in [0.4, 0.5) is 5.69 Å². The lowest BCUT2D eigenvalue weighted by molar-refractivity contribution is 0.0684. The van der Waals surface area contributed by atoms with Gasteiger partial charge in [0.2, 0.25) is 0 Å². The molecule has 1 fully saturated rings. The standard InChI is InChI=1S/C19H19ClN4O4S2/c1-12-16(30(26,27)23-14-7-5-13(20)6-8-14)11-15(29-12)17-21-22-18(28-17)19(25)24-9-3-2-4-10-24/h5-8,11,23H,2-4,9-10H2,1H3. The van der Waals surface area contributed by atoms with Gasteiger partial charge in [-0.25, -0.2) is 8.42 Å². The first-order valence-corrected chi connectivity index (χ1v) is 12.0. The molecule has 0 atom stereocenters. The molecule has 2 aromatic heterocycles. The number of nitrogens with one attached hydrogen (secondary N) is 1. The molecule has 1 N–H and O–H groups in total. The molecular weight excluding hydrogens is 448 g/mol. The number of aromatic nitrogens is 2. The van der Waals surface area contributed by atoms with Crippen LogP contribution in [-0.2, 0) is 10.0 Å². The van der Waals surface area contributed by atoms with Crippen LogP contribution in [0.1, 0.15) is 34.8 Å². The predicted molar refractivity (Wildman–Crippen MR) is 114 cm³/mol. The van der Waals surface area contributed by atoms with Crippen molar-refractivity contribution in [1.82, 2.24) is 15.1 Å². The summed E-state index contributed by atoms with van der Waals surface area (Å²) >= 11 is 7.05. The van der Waals surface area contributed by atoms with Crippen molar-refractivity contribution in [2.45, 2.75) is 31.1 Å². The Kier molecular flexibility index (Phi) is 5.81.